The molecular formula is C41H43N5O7. The van der Waals surface area contributed by atoms with Crippen LogP contribution in [-0.2, 0) is 16.2 Å². The summed E-state index contributed by atoms with van der Waals surface area (Å²) < 4.78 is 12.3. The Labute approximate surface area is 307 Å². The summed E-state index contributed by atoms with van der Waals surface area (Å²) in [6, 6.07) is 22.6. The Morgan fingerprint density at radius 1 is 0.868 bits per heavy atom. The van der Waals surface area contributed by atoms with E-state index in [1.807, 2.05) is 24.3 Å². The standard InChI is InChI=1S/C41H43N5O7/c1-3-33(25-4-11-30(12-5-25)52-23-29-20-21-42-38(44-29)24(2)47)26-6-13-31(14-7-26)53-32-15-8-27(9-16-32)43-28-10-17-34-35(22-28)41(51)46(40(34)50)36-18-19-37(48)45-39(36)49/h4-7,10-14,17,20-22,24,27,32-33,36,43,47H,3,8-9,15-16,18-19,23H2,1-2H3,(H,45,48,49)/t24-,27?,32?,33-,36?/m1/s1. The van der Waals surface area contributed by atoms with Crippen molar-refractivity contribution in [1.29, 1.82) is 0 Å². The topological polar surface area (TPSA) is 160 Å². The summed E-state index contributed by atoms with van der Waals surface area (Å²) in [5.41, 5.74) is 4.40. The molecule has 0 bridgehead atoms. The van der Waals surface area contributed by atoms with Crippen molar-refractivity contribution in [2.75, 3.05) is 5.32 Å². The fourth-order valence-electron chi connectivity index (χ4n) is 7.40. The third kappa shape index (κ3) is 7.92. The molecule has 12 nitrogen and oxygen atoms in total. The molecule has 3 heterocycles. The molecule has 1 saturated carbocycles. The van der Waals surface area contributed by atoms with Gasteiger partial charge in [-0.15, -0.1) is 0 Å². The first-order valence-corrected chi connectivity index (χ1v) is 18.3. The lowest BCUT2D eigenvalue weighted by Crippen LogP contribution is -2.54. The molecule has 3 aromatic carbocycles. The number of aliphatic hydroxyl groups excluding tert-OH is 1. The Morgan fingerprint density at radius 3 is 2.21 bits per heavy atom. The molecule has 12 heteroatoms. The molecule has 53 heavy (non-hydrogen) atoms. The number of aromatic nitrogens is 2. The Bertz CT molecular complexity index is 1990. The maximum Gasteiger partial charge on any atom is 0.262 e. The number of carbonyl (C=O) groups excluding carboxylic acids is 4. The lowest BCUT2D eigenvalue weighted by Gasteiger charge is -2.30. The third-order valence-electron chi connectivity index (χ3n) is 10.3. The van der Waals surface area contributed by atoms with Crippen LogP contribution in [0.25, 0.3) is 0 Å². The lowest BCUT2D eigenvalue weighted by molar-refractivity contribution is -0.136. The van der Waals surface area contributed by atoms with Crippen LogP contribution in [0.1, 0.15) is 114 Å². The molecule has 1 saturated heterocycles. The van der Waals surface area contributed by atoms with Crippen molar-refractivity contribution in [1.82, 2.24) is 20.2 Å². The molecule has 3 aliphatic rings. The molecule has 274 valence electrons. The second-order valence-electron chi connectivity index (χ2n) is 13.9. The van der Waals surface area contributed by atoms with Crippen LogP contribution in [0.5, 0.6) is 11.5 Å². The van der Waals surface area contributed by atoms with Crippen molar-refractivity contribution in [2.45, 2.75) is 95.6 Å². The molecule has 3 N–H and O–H groups in total. The first-order valence-electron chi connectivity index (χ1n) is 18.3. The van der Waals surface area contributed by atoms with E-state index in [4.69, 9.17) is 9.47 Å². The summed E-state index contributed by atoms with van der Waals surface area (Å²) in [5.74, 6) is 0.152. The number of hydrogen-bond donors (Lipinski definition) is 3. The summed E-state index contributed by atoms with van der Waals surface area (Å²) in [6.07, 6.45) is 5.65. The number of imide groups is 2. The number of benzene rings is 3. The molecular weight excluding hydrogens is 674 g/mol. The van der Waals surface area contributed by atoms with Gasteiger partial charge in [-0.3, -0.25) is 29.4 Å². The highest BCUT2D eigenvalue weighted by atomic mass is 16.5. The van der Waals surface area contributed by atoms with Crippen LogP contribution in [0, 0.1) is 0 Å². The third-order valence-corrected chi connectivity index (χ3v) is 10.3. The summed E-state index contributed by atoms with van der Waals surface area (Å²) in [5, 5.41) is 15.5. The van der Waals surface area contributed by atoms with Crippen molar-refractivity contribution in [3.63, 3.8) is 0 Å². The first kappa shape index (κ1) is 35.8. The minimum atomic E-state index is -0.982. The van der Waals surface area contributed by atoms with Crippen LogP contribution in [0.3, 0.4) is 0 Å². The number of carbonyl (C=O) groups is 4. The Hall–Kier alpha value is -5.62. The van der Waals surface area contributed by atoms with Gasteiger partial charge in [0.2, 0.25) is 11.8 Å². The van der Waals surface area contributed by atoms with Crippen LogP contribution in [0.2, 0.25) is 0 Å². The highest BCUT2D eigenvalue weighted by Gasteiger charge is 2.44. The van der Waals surface area contributed by atoms with Crippen molar-refractivity contribution in [3.8, 4) is 11.5 Å². The van der Waals surface area contributed by atoms with Gasteiger partial charge in [-0.05, 0) is 105 Å². The van der Waals surface area contributed by atoms with Gasteiger partial charge in [0.25, 0.3) is 11.8 Å². The van der Waals surface area contributed by atoms with E-state index in [9.17, 15) is 24.3 Å². The van der Waals surface area contributed by atoms with Gasteiger partial charge in [0.15, 0.2) is 5.82 Å². The molecule has 1 aliphatic carbocycles. The summed E-state index contributed by atoms with van der Waals surface area (Å²) in [4.78, 5) is 59.6. The normalized spacial score (nSPS) is 21.1. The zero-order valence-electron chi connectivity index (χ0n) is 29.8. The number of piperidine rings is 1. The maximum absolute atomic E-state index is 13.2. The number of ether oxygens (including phenoxy) is 2. The van der Waals surface area contributed by atoms with Crippen LogP contribution in [0.15, 0.2) is 79.0 Å². The lowest BCUT2D eigenvalue weighted by atomic mass is 9.89. The predicted molar refractivity (Wildman–Crippen MR) is 195 cm³/mol. The van der Waals surface area contributed by atoms with Gasteiger partial charge in [0.1, 0.15) is 30.3 Å². The minimum absolute atomic E-state index is 0.0853. The zero-order valence-corrected chi connectivity index (χ0v) is 29.8. The number of rotatable bonds is 12. The van der Waals surface area contributed by atoms with Crippen molar-refractivity contribution in [2.24, 2.45) is 0 Å². The quantitative estimate of drug-likeness (QED) is 0.152. The second-order valence-corrected chi connectivity index (χ2v) is 13.9. The highest BCUT2D eigenvalue weighted by molar-refractivity contribution is 6.23. The second kappa shape index (κ2) is 15.5. The number of hydrogen-bond acceptors (Lipinski definition) is 10. The van der Waals surface area contributed by atoms with Crippen molar-refractivity contribution < 1.29 is 33.8 Å². The zero-order chi connectivity index (χ0) is 37.1. The maximum atomic E-state index is 13.2. The van der Waals surface area contributed by atoms with Gasteiger partial charge >= 0.3 is 0 Å². The van der Waals surface area contributed by atoms with E-state index in [2.05, 4.69) is 51.8 Å². The van der Waals surface area contributed by atoms with Crippen LogP contribution in [-0.4, -0.2) is 61.8 Å². The number of nitrogens with one attached hydrogen (secondary N) is 2. The molecule has 4 aromatic rings. The van der Waals surface area contributed by atoms with Crippen LogP contribution >= 0.6 is 0 Å². The van der Waals surface area contributed by atoms with Crippen molar-refractivity contribution >= 4 is 29.3 Å². The largest absolute Gasteiger partial charge is 0.490 e. The van der Waals surface area contributed by atoms with E-state index in [1.54, 1.807) is 37.4 Å². The van der Waals surface area contributed by atoms with E-state index in [0.29, 0.717) is 11.5 Å². The monoisotopic (exact) mass is 717 g/mol. The Balaban J connectivity index is 0.891. The molecule has 2 fully saturated rings. The summed E-state index contributed by atoms with van der Waals surface area (Å²) in [7, 11) is 0. The number of nitrogens with zero attached hydrogens (tertiary/aromatic N) is 3. The number of anilines is 1. The van der Waals surface area contributed by atoms with Gasteiger partial charge in [-0.2, -0.15) is 0 Å². The Morgan fingerprint density at radius 2 is 1.55 bits per heavy atom. The molecule has 0 spiro atoms. The van der Waals surface area contributed by atoms with Crippen LogP contribution in [0.4, 0.5) is 5.69 Å². The molecule has 7 rings (SSSR count). The first-order chi connectivity index (χ1) is 25.7. The Kier molecular flexibility index (Phi) is 10.5. The molecule has 0 radical (unpaired) electrons. The highest BCUT2D eigenvalue weighted by Crippen LogP contribution is 2.33. The molecule has 1 aromatic heterocycles. The predicted octanol–water partition coefficient (Wildman–Crippen LogP) is 5.85. The number of amides is 4. The molecule has 2 aliphatic heterocycles. The number of fused-ring (bicyclic) bond motifs is 1. The average molecular weight is 718 g/mol. The van der Waals surface area contributed by atoms with E-state index in [0.717, 1.165) is 54.2 Å². The van der Waals surface area contributed by atoms with E-state index in [1.165, 1.54) is 11.1 Å². The SMILES string of the molecule is CC[C@H](c1ccc(OCc2ccnc([C@@H](C)O)n2)cc1)c1ccc(OC2CCC(Nc3ccc4c(c3)C(=O)N(C3CCC(=O)NC3=O)C4=O)CC2)cc1. The van der Waals surface area contributed by atoms with E-state index < -0.39 is 35.8 Å². The minimum Gasteiger partial charge on any atom is -0.490 e. The number of aliphatic hydroxyl groups is 1. The van der Waals surface area contributed by atoms with Gasteiger partial charge in [-0.1, -0.05) is 31.2 Å². The van der Waals surface area contributed by atoms with Gasteiger partial charge in [0.05, 0.1) is 22.9 Å². The summed E-state index contributed by atoms with van der Waals surface area (Å²) >= 11 is 0. The fourth-order valence-corrected chi connectivity index (χ4v) is 7.40. The fraction of sp³-hybridized carbons (Fsp3) is 0.366. The van der Waals surface area contributed by atoms with Gasteiger partial charge in [-0.25, -0.2) is 9.97 Å². The molecule has 4 amide bonds. The summed E-state index contributed by atoms with van der Waals surface area (Å²) in [6.45, 7) is 4.10. The van der Waals surface area contributed by atoms with Gasteiger partial charge < -0.3 is 19.9 Å². The molecule has 3 atom stereocenters. The van der Waals surface area contributed by atoms with Crippen molar-refractivity contribution in [3.05, 3.63) is 113 Å². The van der Waals surface area contributed by atoms with Gasteiger partial charge in [0, 0.05) is 30.3 Å². The van der Waals surface area contributed by atoms with E-state index in [-0.39, 0.29) is 48.6 Å². The smallest absolute Gasteiger partial charge is 0.262 e. The average Bonchev–Trinajstić information content (AvgIpc) is 3.41. The van der Waals surface area contributed by atoms with E-state index >= 15 is 0 Å². The van der Waals surface area contributed by atoms with Crippen LogP contribution < -0.4 is 20.1 Å². The molecule has 1 unspecified atom stereocenters.